The van der Waals surface area contributed by atoms with E-state index >= 15 is 0 Å². The zero-order valence-electron chi connectivity index (χ0n) is 15.3. The zero-order valence-corrected chi connectivity index (χ0v) is 15.3. The Morgan fingerprint density at radius 3 is 2.39 bits per heavy atom. The predicted octanol–water partition coefficient (Wildman–Crippen LogP) is 2.46. The average molecular weight is 376 g/mol. The number of imidazole rings is 1. The van der Waals surface area contributed by atoms with Crippen LogP contribution in [0.25, 0.3) is 11.8 Å². The van der Waals surface area contributed by atoms with E-state index in [1.54, 1.807) is 46.6 Å². The van der Waals surface area contributed by atoms with Crippen molar-refractivity contribution in [3.8, 4) is 5.69 Å². The lowest BCUT2D eigenvalue weighted by Crippen LogP contribution is -2.50. The van der Waals surface area contributed by atoms with Gasteiger partial charge in [-0.1, -0.05) is 12.1 Å². The highest BCUT2D eigenvalue weighted by molar-refractivity contribution is 5.93. The largest absolute Gasteiger partial charge is 0.459 e. The number of hydrogen-bond donors (Lipinski definition) is 0. The highest BCUT2D eigenvalue weighted by atomic mass is 16.3. The zero-order chi connectivity index (χ0) is 19.3. The van der Waals surface area contributed by atoms with Crippen LogP contribution < -0.4 is 0 Å². The van der Waals surface area contributed by atoms with E-state index in [9.17, 15) is 9.59 Å². The van der Waals surface area contributed by atoms with E-state index in [0.29, 0.717) is 31.9 Å². The van der Waals surface area contributed by atoms with Crippen molar-refractivity contribution in [2.45, 2.75) is 0 Å². The Morgan fingerprint density at radius 2 is 1.75 bits per heavy atom. The molecule has 4 rings (SSSR count). The van der Waals surface area contributed by atoms with Crippen molar-refractivity contribution < 1.29 is 14.0 Å². The summed E-state index contributed by atoms with van der Waals surface area (Å²) >= 11 is 0. The summed E-state index contributed by atoms with van der Waals surface area (Å²) in [6.07, 6.45) is 10.2. The molecule has 0 aliphatic carbocycles. The van der Waals surface area contributed by atoms with Crippen LogP contribution in [0.15, 0.2) is 71.9 Å². The van der Waals surface area contributed by atoms with Crippen molar-refractivity contribution in [1.82, 2.24) is 19.4 Å². The Kier molecular flexibility index (Phi) is 5.05. The second kappa shape index (κ2) is 7.96. The molecule has 7 heteroatoms. The van der Waals surface area contributed by atoms with Crippen LogP contribution >= 0.6 is 0 Å². The molecule has 0 atom stereocenters. The van der Waals surface area contributed by atoms with Crippen molar-refractivity contribution >= 4 is 17.9 Å². The molecule has 0 saturated carbocycles. The van der Waals surface area contributed by atoms with E-state index in [-0.39, 0.29) is 11.8 Å². The molecule has 1 saturated heterocycles. The third kappa shape index (κ3) is 3.88. The molecule has 28 heavy (non-hydrogen) atoms. The van der Waals surface area contributed by atoms with E-state index in [4.69, 9.17) is 4.42 Å². The summed E-state index contributed by atoms with van der Waals surface area (Å²) in [7, 11) is 0. The van der Waals surface area contributed by atoms with Crippen LogP contribution in [-0.4, -0.2) is 57.3 Å². The van der Waals surface area contributed by atoms with E-state index in [2.05, 4.69) is 4.98 Å². The highest BCUT2D eigenvalue weighted by Gasteiger charge is 2.25. The summed E-state index contributed by atoms with van der Waals surface area (Å²) in [5.41, 5.74) is 1.96. The third-order valence-electron chi connectivity index (χ3n) is 4.72. The van der Waals surface area contributed by atoms with Gasteiger partial charge in [0.15, 0.2) is 5.76 Å². The molecule has 0 radical (unpaired) electrons. The summed E-state index contributed by atoms with van der Waals surface area (Å²) in [4.78, 5) is 32.2. The number of piperazine rings is 1. The fourth-order valence-corrected chi connectivity index (χ4v) is 3.13. The lowest BCUT2D eigenvalue weighted by atomic mass is 10.2. The molecule has 142 valence electrons. The number of carbonyl (C=O) groups is 2. The fourth-order valence-electron chi connectivity index (χ4n) is 3.13. The van der Waals surface area contributed by atoms with Crippen LogP contribution in [0.2, 0.25) is 0 Å². The van der Waals surface area contributed by atoms with Gasteiger partial charge in [0.1, 0.15) is 0 Å². The molecular weight excluding hydrogens is 356 g/mol. The average Bonchev–Trinajstić information content (AvgIpc) is 3.46. The maximum atomic E-state index is 12.4. The van der Waals surface area contributed by atoms with Crippen LogP contribution in [0.5, 0.6) is 0 Å². The smallest absolute Gasteiger partial charge is 0.289 e. The number of amides is 2. The Balaban J connectivity index is 1.31. The number of carbonyl (C=O) groups excluding carboxylic acids is 2. The number of benzene rings is 1. The van der Waals surface area contributed by atoms with E-state index < -0.39 is 0 Å². The SMILES string of the molecule is O=C(C=Cc1ccc(-n2ccnc2)cc1)N1CCN(C(=O)c2ccco2)CC1. The second-order valence-corrected chi connectivity index (χ2v) is 6.49. The molecule has 0 N–H and O–H groups in total. The van der Waals surface area contributed by atoms with Gasteiger partial charge in [-0.2, -0.15) is 0 Å². The molecule has 2 aromatic heterocycles. The van der Waals surface area contributed by atoms with Gasteiger partial charge in [0.25, 0.3) is 5.91 Å². The van der Waals surface area contributed by atoms with E-state index in [1.165, 1.54) is 6.26 Å². The summed E-state index contributed by atoms with van der Waals surface area (Å²) in [5.74, 6) is 0.146. The molecule has 0 spiro atoms. The quantitative estimate of drug-likeness (QED) is 0.656. The van der Waals surface area contributed by atoms with Crippen molar-refractivity contribution in [1.29, 1.82) is 0 Å². The molecule has 2 amide bonds. The van der Waals surface area contributed by atoms with Gasteiger partial charge in [0.2, 0.25) is 5.91 Å². The summed E-state index contributed by atoms with van der Waals surface area (Å²) < 4.78 is 7.07. The molecule has 1 aliphatic heterocycles. The first-order chi connectivity index (χ1) is 13.7. The predicted molar refractivity (Wildman–Crippen MR) is 104 cm³/mol. The minimum absolute atomic E-state index is 0.0521. The van der Waals surface area contributed by atoms with E-state index in [1.807, 2.05) is 35.0 Å². The number of rotatable bonds is 4. The Hall–Kier alpha value is -3.61. The topological polar surface area (TPSA) is 71.6 Å². The Morgan fingerprint density at radius 1 is 1.00 bits per heavy atom. The van der Waals surface area contributed by atoms with Crippen LogP contribution in [-0.2, 0) is 4.79 Å². The molecule has 0 bridgehead atoms. The van der Waals surface area contributed by atoms with Crippen LogP contribution in [0.1, 0.15) is 16.1 Å². The minimum atomic E-state index is -0.134. The van der Waals surface area contributed by atoms with Gasteiger partial charge < -0.3 is 18.8 Å². The first kappa shape index (κ1) is 17.8. The highest BCUT2D eigenvalue weighted by Crippen LogP contribution is 2.12. The molecule has 7 nitrogen and oxygen atoms in total. The van der Waals surface area contributed by atoms with Gasteiger partial charge in [-0.15, -0.1) is 0 Å². The third-order valence-corrected chi connectivity index (χ3v) is 4.72. The summed E-state index contributed by atoms with van der Waals surface area (Å²) in [6.45, 7) is 2.02. The molecule has 1 fully saturated rings. The monoisotopic (exact) mass is 376 g/mol. The lowest BCUT2D eigenvalue weighted by molar-refractivity contribution is -0.127. The van der Waals surface area contributed by atoms with Crippen LogP contribution in [0, 0.1) is 0 Å². The number of nitrogens with zero attached hydrogens (tertiary/aromatic N) is 4. The second-order valence-electron chi connectivity index (χ2n) is 6.49. The van der Waals surface area contributed by atoms with Gasteiger partial charge in [0.05, 0.1) is 12.6 Å². The molecule has 1 aromatic carbocycles. The molecular formula is C21H20N4O3. The number of aromatic nitrogens is 2. The lowest BCUT2D eigenvalue weighted by Gasteiger charge is -2.33. The number of furan rings is 1. The first-order valence-electron chi connectivity index (χ1n) is 9.09. The van der Waals surface area contributed by atoms with Crippen molar-refractivity contribution in [2.75, 3.05) is 26.2 Å². The van der Waals surface area contributed by atoms with E-state index in [0.717, 1.165) is 11.3 Å². The van der Waals surface area contributed by atoms with Crippen molar-refractivity contribution in [3.63, 3.8) is 0 Å². The number of hydrogen-bond acceptors (Lipinski definition) is 4. The van der Waals surface area contributed by atoms with Gasteiger partial charge in [-0.3, -0.25) is 9.59 Å². The van der Waals surface area contributed by atoms with Crippen molar-refractivity contribution in [3.05, 3.63) is 78.8 Å². The Labute approximate surface area is 162 Å². The van der Waals surface area contributed by atoms with Gasteiger partial charge in [-0.05, 0) is 35.9 Å². The van der Waals surface area contributed by atoms with Crippen LogP contribution in [0.3, 0.4) is 0 Å². The normalized spacial score (nSPS) is 14.6. The van der Waals surface area contributed by atoms with Gasteiger partial charge in [-0.25, -0.2) is 4.98 Å². The van der Waals surface area contributed by atoms with Gasteiger partial charge >= 0.3 is 0 Å². The minimum Gasteiger partial charge on any atom is -0.459 e. The molecule has 3 heterocycles. The van der Waals surface area contributed by atoms with Crippen LogP contribution in [0.4, 0.5) is 0 Å². The molecule has 3 aromatic rings. The maximum absolute atomic E-state index is 12.4. The standard InChI is InChI=1S/C21H20N4O3/c26-20(8-5-17-3-6-18(7-4-17)25-10-9-22-16-25)23-11-13-24(14-12-23)21(27)19-2-1-15-28-19/h1-10,15-16H,11-14H2. The fraction of sp³-hybridized carbons (Fsp3) is 0.190. The molecule has 1 aliphatic rings. The summed E-state index contributed by atoms with van der Waals surface area (Å²) in [5, 5.41) is 0. The maximum Gasteiger partial charge on any atom is 0.289 e. The van der Waals surface area contributed by atoms with Crippen molar-refractivity contribution in [2.24, 2.45) is 0 Å². The summed E-state index contributed by atoms with van der Waals surface area (Å²) in [6, 6.07) is 11.2. The molecule has 0 unspecified atom stereocenters. The first-order valence-corrected chi connectivity index (χ1v) is 9.09. The van der Waals surface area contributed by atoms with Gasteiger partial charge in [0, 0.05) is 50.3 Å². The Bertz CT molecular complexity index is 952.